The van der Waals surface area contributed by atoms with Gasteiger partial charge >= 0.3 is 0 Å². The van der Waals surface area contributed by atoms with E-state index in [2.05, 4.69) is 10.3 Å². The SMILES string of the molecule is Cc1ccc(N(C)c2ccc(O)c(-c3ccc(C(=O)NCCN(C)C)c(N)n3)c2)c(F)c1. The summed E-state index contributed by atoms with van der Waals surface area (Å²) in [5, 5.41) is 13.2. The highest BCUT2D eigenvalue weighted by atomic mass is 19.1. The highest BCUT2D eigenvalue weighted by molar-refractivity contribution is 5.98. The number of likely N-dealkylation sites (N-methyl/N-ethyl adjacent to an activating group) is 1. The number of anilines is 3. The topological polar surface area (TPSA) is 94.7 Å². The van der Waals surface area contributed by atoms with Crippen LogP contribution in [0.15, 0.2) is 48.5 Å². The first-order valence-electron chi connectivity index (χ1n) is 10.2. The van der Waals surface area contributed by atoms with Gasteiger partial charge in [0.25, 0.3) is 5.91 Å². The second kappa shape index (κ2) is 9.65. The first-order chi connectivity index (χ1) is 15.2. The van der Waals surface area contributed by atoms with Crippen LogP contribution < -0.4 is 16.0 Å². The van der Waals surface area contributed by atoms with Crippen LogP contribution in [0.2, 0.25) is 0 Å². The van der Waals surface area contributed by atoms with Crippen molar-refractivity contribution in [1.82, 2.24) is 15.2 Å². The van der Waals surface area contributed by atoms with E-state index >= 15 is 0 Å². The van der Waals surface area contributed by atoms with Crippen molar-refractivity contribution < 1.29 is 14.3 Å². The van der Waals surface area contributed by atoms with Crippen LogP contribution in [-0.4, -0.2) is 55.1 Å². The number of nitrogen functional groups attached to an aromatic ring is 1. The van der Waals surface area contributed by atoms with Crippen molar-refractivity contribution in [2.75, 3.05) is 44.9 Å². The van der Waals surface area contributed by atoms with Gasteiger partial charge in [0.05, 0.1) is 16.9 Å². The number of aromatic hydroxyl groups is 1. The Morgan fingerprint density at radius 2 is 1.88 bits per heavy atom. The molecule has 168 valence electrons. The molecule has 0 saturated heterocycles. The number of nitrogens with one attached hydrogen (secondary N) is 1. The molecule has 0 fully saturated rings. The summed E-state index contributed by atoms with van der Waals surface area (Å²) in [4.78, 5) is 20.3. The summed E-state index contributed by atoms with van der Waals surface area (Å²) in [7, 11) is 5.58. The van der Waals surface area contributed by atoms with E-state index in [1.165, 1.54) is 12.1 Å². The fourth-order valence-electron chi connectivity index (χ4n) is 3.27. The summed E-state index contributed by atoms with van der Waals surface area (Å²) in [6.45, 7) is 3.01. The number of pyridine rings is 1. The molecule has 1 aromatic heterocycles. The van der Waals surface area contributed by atoms with Gasteiger partial charge < -0.3 is 26.0 Å². The number of phenols is 1. The molecule has 0 spiro atoms. The highest BCUT2D eigenvalue weighted by Crippen LogP contribution is 2.35. The summed E-state index contributed by atoms with van der Waals surface area (Å²) in [6, 6.07) is 13.1. The maximum absolute atomic E-state index is 14.4. The number of aryl methyl sites for hydroxylation is 1. The second-order valence-electron chi connectivity index (χ2n) is 7.90. The van der Waals surface area contributed by atoms with Crippen molar-refractivity contribution in [2.24, 2.45) is 0 Å². The molecule has 1 amide bonds. The van der Waals surface area contributed by atoms with Gasteiger partial charge in [-0.25, -0.2) is 9.37 Å². The number of nitrogens with zero attached hydrogens (tertiary/aromatic N) is 3. The number of phenolic OH excluding ortho intramolecular Hbond substituents is 1. The zero-order valence-electron chi connectivity index (χ0n) is 18.7. The molecule has 32 heavy (non-hydrogen) atoms. The Bertz CT molecular complexity index is 1130. The molecular weight excluding hydrogens is 409 g/mol. The molecule has 0 atom stereocenters. The van der Waals surface area contributed by atoms with E-state index in [4.69, 9.17) is 5.73 Å². The van der Waals surface area contributed by atoms with Crippen molar-refractivity contribution in [2.45, 2.75) is 6.92 Å². The van der Waals surface area contributed by atoms with Crippen molar-refractivity contribution in [3.05, 3.63) is 65.5 Å². The lowest BCUT2D eigenvalue weighted by Gasteiger charge is -2.21. The summed E-state index contributed by atoms with van der Waals surface area (Å²) in [5.74, 6) is -0.584. The van der Waals surface area contributed by atoms with Gasteiger partial charge in [0, 0.05) is 31.4 Å². The summed E-state index contributed by atoms with van der Waals surface area (Å²) in [5.41, 5.74) is 9.03. The van der Waals surface area contributed by atoms with Crippen LogP contribution >= 0.6 is 0 Å². The van der Waals surface area contributed by atoms with Gasteiger partial charge in [0.15, 0.2) is 0 Å². The molecule has 0 unspecified atom stereocenters. The van der Waals surface area contributed by atoms with Crippen LogP contribution in [0.25, 0.3) is 11.3 Å². The first-order valence-corrected chi connectivity index (χ1v) is 10.2. The molecule has 0 radical (unpaired) electrons. The first kappa shape index (κ1) is 23.0. The number of hydrogen-bond donors (Lipinski definition) is 3. The van der Waals surface area contributed by atoms with Gasteiger partial charge in [-0.3, -0.25) is 4.79 Å². The third kappa shape index (κ3) is 5.15. The minimum absolute atomic E-state index is 0.00149. The predicted octanol–water partition coefficient (Wildman–Crippen LogP) is 3.54. The zero-order chi connectivity index (χ0) is 23.4. The van der Waals surface area contributed by atoms with Crippen molar-refractivity contribution >= 4 is 23.1 Å². The number of aromatic nitrogens is 1. The average Bonchev–Trinajstić information content (AvgIpc) is 2.73. The lowest BCUT2D eigenvalue weighted by atomic mass is 10.1. The summed E-state index contributed by atoms with van der Waals surface area (Å²) in [6.07, 6.45) is 0. The molecular formula is C24H28FN5O2. The largest absolute Gasteiger partial charge is 0.507 e. The molecule has 0 aliphatic carbocycles. The number of nitrogens with two attached hydrogens (primary N) is 1. The van der Waals surface area contributed by atoms with Crippen LogP contribution in [-0.2, 0) is 0 Å². The number of amides is 1. The van der Waals surface area contributed by atoms with Crippen molar-refractivity contribution in [1.29, 1.82) is 0 Å². The molecule has 2 aromatic carbocycles. The van der Waals surface area contributed by atoms with E-state index in [-0.39, 0.29) is 28.9 Å². The van der Waals surface area contributed by atoms with E-state index in [1.807, 2.05) is 32.0 Å². The number of rotatable bonds is 7. The van der Waals surface area contributed by atoms with Gasteiger partial charge in [-0.1, -0.05) is 6.07 Å². The van der Waals surface area contributed by atoms with E-state index in [9.17, 15) is 14.3 Å². The second-order valence-corrected chi connectivity index (χ2v) is 7.90. The van der Waals surface area contributed by atoms with Crippen LogP contribution in [0.5, 0.6) is 5.75 Å². The predicted molar refractivity (Wildman–Crippen MR) is 126 cm³/mol. The molecule has 8 heteroatoms. The van der Waals surface area contributed by atoms with Gasteiger partial charge in [-0.15, -0.1) is 0 Å². The standard InChI is InChI=1S/C24H28FN5O2/c1-15-5-9-21(19(25)13-15)30(4)16-6-10-22(31)18(14-16)20-8-7-17(23(26)28-20)24(32)27-11-12-29(2)3/h5-10,13-14,31H,11-12H2,1-4H3,(H2,26,28)(H,27,32). The van der Waals surface area contributed by atoms with E-state index in [1.54, 1.807) is 42.3 Å². The molecule has 3 rings (SSSR count). The number of benzene rings is 2. The minimum Gasteiger partial charge on any atom is -0.507 e. The molecule has 3 aromatic rings. The van der Waals surface area contributed by atoms with E-state index < -0.39 is 0 Å². The molecule has 0 aliphatic heterocycles. The third-order valence-corrected chi connectivity index (χ3v) is 5.12. The van der Waals surface area contributed by atoms with Crippen molar-refractivity contribution in [3.8, 4) is 17.0 Å². The fourth-order valence-corrected chi connectivity index (χ4v) is 3.27. The Morgan fingerprint density at radius 1 is 1.12 bits per heavy atom. The number of hydrogen-bond acceptors (Lipinski definition) is 6. The number of carbonyl (C=O) groups is 1. The number of halogens is 1. The molecule has 1 heterocycles. The Labute approximate surface area is 187 Å². The smallest absolute Gasteiger partial charge is 0.255 e. The molecule has 0 saturated carbocycles. The maximum Gasteiger partial charge on any atom is 0.255 e. The monoisotopic (exact) mass is 437 g/mol. The van der Waals surface area contributed by atoms with Crippen LogP contribution in [0.4, 0.5) is 21.6 Å². The molecule has 4 N–H and O–H groups in total. The van der Waals surface area contributed by atoms with Crippen LogP contribution in [0, 0.1) is 12.7 Å². The Kier molecular flexibility index (Phi) is 6.95. The number of carbonyl (C=O) groups excluding carboxylic acids is 1. The van der Waals surface area contributed by atoms with Gasteiger partial charge in [-0.05, 0) is 69.0 Å². The summed E-state index contributed by atoms with van der Waals surface area (Å²) < 4.78 is 14.4. The van der Waals surface area contributed by atoms with Gasteiger partial charge in [0.2, 0.25) is 0 Å². The third-order valence-electron chi connectivity index (χ3n) is 5.12. The normalized spacial score (nSPS) is 10.9. The Hall–Kier alpha value is -3.65. The lowest BCUT2D eigenvalue weighted by Crippen LogP contribution is -2.31. The molecule has 0 bridgehead atoms. The molecule has 0 aliphatic rings. The summed E-state index contributed by atoms with van der Waals surface area (Å²) >= 11 is 0. The maximum atomic E-state index is 14.4. The molecule has 7 nitrogen and oxygen atoms in total. The minimum atomic E-state index is -0.339. The average molecular weight is 438 g/mol. The van der Waals surface area contributed by atoms with E-state index in [0.29, 0.717) is 35.7 Å². The lowest BCUT2D eigenvalue weighted by molar-refractivity contribution is 0.0951. The van der Waals surface area contributed by atoms with E-state index in [0.717, 1.165) is 5.56 Å². The van der Waals surface area contributed by atoms with Crippen LogP contribution in [0.3, 0.4) is 0 Å². The Balaban J connectivity index is 1.88. The van der Waals surface area contributed by atoms with Crippen molar-refractivity contribution in [3.63, 3.8) is 0 Å². The quantitative estimate of drug-likeness (QED) is 0.523. The van der Waals surface area contributed by atoms with Gasteiger partial charge in [-0.2, -0.15) is 0 Å². The highest BCUT2D eigenvalue weighted by Gasteiger charge is 2.16. The van der Waals surface area contributed by atoms with Gasteiger partial charge in [0.1, 0.15) is 17.4 Å². The van der Waals surface area contributed by atoms with Crippen LogP contribution in [0.1, 0.15) is 15.9 Å². The Morgan fingerprint density at radius 3 is 2.53 bits per heavy atom. The fraction of sp³-hybridized carbons (Fsp3) is 0.250. The zero-order valence-corrected chi connectivity index (χ0v) is 18.7.